The summed E-state index contributed by atoms with van der Waals surface area (Å²) < 4.78 is 0. The number of nitrogens with zero attached hydrogens (tertiary/aromatic N) is 5. The zero-order valence-corrected chi connectivity index (χ0v) is 27.4. The van der Waals surface area contributed by atoms with Crippen LogP contribution in [-0.2, 0) is 0 Å². The van der Waals surface area contributed by atoms with E-state index in [2.05, 4.69) is 58.8 Å². The van der Waals surface area contributed by atoms with E-state index in [1.807, 2.05) is 41.6 Å². The number of piperidine rings is 1. The smallest absolute Gasteiger partial charge is 0.253 e. The van der Waals surface area contributed by atoms with Crippen molar-refractivity contribution >= 4 is 22.6 Å². The van der Waals surface area contributed by atoms with Gasteiger partial charge in [0.1, 0.15) is 5.65 Å². The van der Waals surface area contributed by atoms with Gasteiger partial charge in [-0.25, -0.2) is 4.98 Å². The van der Waals surface area contributed by atoms with E-state index in [1.165, 1.54) is 48.3 Å². The number of likely N-dealkylation sites (tertiary alicyclic amines) is 2. The summed E-state index contributed by atoms with van der Waals surface area (Å²) in [5.74, 6) is 0.0785. The third kappa shape index (κ3) is 5.30. The fourth-order valence-corrected chi connectivity index (χ4v) is 8.77. The van der Waals surface area contributed by atoms with Gasteiger partial charge in [0.2, 0.25) is 0 Å². The van der Waals surface area contributed by atoms with Crippen LogP contribution in [-0.4, -0.2) is 107 Å². The molecule has 5 heterocycles. The van der Waals surface area contributed by atoms with Crippen LogP contribution in [0.25, 0.3) is 33.3 Å². The molecule has 240 valence electrons. The third-order valence-corrected chi connectivity index (χ3v) is 11.3. The molecule has 1 aliphatic carbocycles. The van der Waals surface area contributed by atoms with E-state index in [9.17, 15) is 9.90 Å². The van der Waals surface area contributed by atoms with Gasteiger partial charge in [-0.1, -0.05) is 12.1 Å². The Hall–Kier alpha value is -3.72. The molecule has 2 N–H and O–H groups in total. The molecule has 8 nitrogen and oxygen atoms in total. The van der Waals surface area contributed by atoms with Gasteiger partial charge in [0, 0.05) is 90.9 Å². The standard InChI is InChI=1S/C38H46N6O2/c1-25-16-29(17-26(2)35(25)43-14-12-42(13-15-43)31-8-10-41(3)11-9-31)30-18-33-34(22-40-36(33)39-21-30)27-4-6-28(7-5-27)37(46)44-23-38(24-44)19-32(45)20-38/h4-7,16-18,21-22,31-32,45H,8-15,19-20,23-24H2,1-3H3,(H,39,40). The molecule has 2 aromatic carbocycles. The van der Waals surface area contributed by atoms with Crippen LogP contribution >= 0.6 is 0 Å². The largest absolute Gasteiger partial charge is 0.393 e. The minimum atomic E-state index is -0.185. The van der Waals surface area contributed by atoms with Crippen LogP contribution in [0.3, 0.4) is 0 Å². The molecular weight excluding hydrogens is 572 g/mol. The van der Waals surface area contributed by atoms with Gasteiger partial charge >= 0.3 is 0 Å². The van der Waals surface area contributed by atoms with E-state index in [-0.39, 0.29) is 17.4 Å². The van der Waals surface area contributed by atoms with Gasteiger partial charge in [-0.2, -0.15) is 0 Å². The Kier molecular flexibility index (Phi) is 7.42. The fourth-order valence-electron chi connectivity index (χ4n) is 8.77. The number of amides is 1. The molecule has 0 radical (unpaired) electrons. The van der Waals surface area contributed by atoms with Crippen LogP contribution in [0.5, 0.6) is 0 Å². The Bertz CT molecular complexity index is 1730. The number of H-pyrrole nitrogens is 1. The zero-order valence-electron chi connectivity index (χ0n) is 27.4. The average Bonchev–Trinajstić information content (AvgIpc) is 3.46. The first-order chi connectivity index (χ1) is 22.2. The second-order valence-corrected chi connectivity index (χ2v) is 14.6. The van der Waals surface area contributed by atoms with Crippen molar-refractivity contribution in [3.63, 3.8) is 0 Å². The van der Waals surface area contributed by atoms with Crippen molar-refractivity contribution in [2.45, 2.75) is 51.7 Å². The van der Waals surface area contributed by atoms with Crippen molar-refractivity contribution < 1.29 is 9.90 Å². The lowest BCUT2D eigenvalue weighted by molar-refractivity contribution is -0.113. The maximum absolute atomic E-state index is 13.1. The summed E-state index contributed by atoms with van der Waals surface area (Å²) in [6.45, 7) is 12.9. The van der Waals surface area contributed by atoms with E-state index in [0.717, 1.165) is 85.9 Å². The van der Waals surface area contributed by atoms with Crippen LogP contribution in [0.4, 0.5) is 5.69 Å². The molecule has 4 aliphatic rings. The lowest BCUT2D eigenvalue weighted by Crippen LogP contribution is -2.64. The number of hydrogen-bond acceptors (Lipinski definition) is 6. The highest BCUT2D eigenvalue weighted by molar-refractivity contribution is 5.98. The van der Waals surface area contributed by atoms with Crippen LogP contribution in [0.15, 0.2) is 54.9 Å². The normalized spacial score (nSPS) is 21.1. The molecule has 0 bridgehead atoms. The molecule has 0 atom stereocenters. The summed E-state index contributed by atoms with van der Waals surface area (Å²) in [5, 5.41) is 10.8. The van der Waals surface area contributed by atoms with Gasteiger partial charge in [0.05, 0.1) is 6.10 Å². The zero-order chi connectivity index (χ0) is 31.6. The number of carbonyl (C=O) groups excluding carboxylic acids is 1. The molecule has 1 saturated carbocycles. The Morgan fingerprint density at radius 1 is 0.891 bits per heavy atom. The monoisotopic (exact) mass is 618 g/mol. The second-order valence-electron chi connectivity index (χ2n) is 14.6. The molecule has 3 aliphatic heterocycles. The number of benzene rings is 2. The van der Waals surface area contributed by atoms with Crippen molar-refractivity contribution in [3.05, 3.63) is 71.5 Å². The summed E-state index contributed by atoms with van der Waals surface area (Å²) in [5.41, 5.74) is 10.2. The topological polar surface area (TPSA) is 78.9 Å². The number of aliphatic hydroxyl groups is 1. The van der Waals surface area contributed by atoms with Gasteiger partial charge in [0.25, 0.3) is 5.91 Å². The van der Waals surface area contributed by atoms with Crippen molar-refractivity contribution in [2.24, 2.45) is 5.41 Å². The molecule has 3 saturated heterocycles. The third-order valence-electron chi connectivity index (χ3n) is 11.3. The number of fused-ring (bicyclic) bond motifs is 1. The van der Waals surface area contributed by atoms with Crippen molar-refractivity contribution in [3.8, 4) is 22.3 Å². The first kappa shape index (κ1) is 29.7. The Morgan fingerprint density at radius 2 is 1.57 bits per heavy atom. The number of hydrogen-bond donors (Lipinski definition) is 2. The highest BCUT2D eigenvalue weighted by Gasteiger charge is 2.53. The molecule has 2 aromatic heterocycles. The molecule has 1 amide bonds. The quantitative estimate of drug-likeness (QED) is 0.315. The van der Waals surface area contributed by atoms with Gasteiger partial charge in [0.15, 0.2) is 0 Å². The molecule has 4 aromatic rings. The van der Waals surface area contributed by atoms with E-state index in [1.54, 1.807) is 0 Å². The number of piperazine rings is 1. The first-order valence-corrected chi connectivity index (χ1v) is 17.1. The molecule has 4 fully saturated rings. The lowest BCUT2D eigenvalue weighted by Gasteiger charge is -2.57. The first-order valence-electron chi connectivity index (χ1n) is 17.1. The highest BCUT2D eigenvalue weighted by atomic mass is 16.3. The number of nitrogens with one attached hydrogen (secondary N) is 1. The van der Waals surface area contributed by atoms with Gasteiger partial charge in [-0.15, -0.1) is 0 Å². The fraction of sp³-hybridized carbons (Fsp3) is 0.474. The number of anilines is 1. The summed E-state index contributed by atoms with van der Waals surface area (Å²) >= 11 is 0. The Morgan fingerprint density at radius 3 is 2.22 bits per heavy atom. The number of aromatic amines is 1. The van der Waals surface area contributed by atoms with Crippen LogP contribution in [0.1, 0.15) is 47.2 Å². The van der Waals surface area contributed by atoms with Crippen molar-refractivity contribution in [1.82, 2.24) is 24.7 Å². The SMILES string of the molecule is Cc1cc(-c2cnc3[nH]cc(-c4ccc(C(=O)N5CC6(CC(O)C6)C5)cc4)c3c2)cc(C)c1N1CCN(C2CCN(C)CC2)CC1. The van der Waals surface area contributed by atoms with E-state index in [4.69, 9.17) is 4.98 Å². The Balaban J connectivity index is 0.974. The van der Waals surface area contributed by atoms with Crippen molar-refractivity contribution in [2.75, 3.05) is 64.3 Å². The van der Waals surface area contributed by atoms with Gasteiger partial charge in [-0.3, -0.25) is 9.69 Å². The summed E-state index contributed by atoms with van der Waals surface area (Å²) in [6.07, 6.45) is 8.04. The van der Waals surface area contributed by atoms with E-state index >= 15 is 0 Å². The number of pyridine rings is 1. The lowest BCUT2D eigenvalue weighted by atomic mass is 9.62. The summed E-state index contributed by atoms with van der Waals surface area (Å²) in [7, 11) is 2.24. The number of carbonyl (C=O) groups is 1. The highest BCUT2D eigenvalue weighted by Crippen LogP contribution is 2.48. The minimum Gasteiger partial charge on any atom is -0.393 e. The molecule has 0 unspecified atom stereocenters. The van der Waals surface area contributed by atoms with E-state index in [0.29, 0.717) is 5.56 Å². The van der Waals surface area contributed by atoms with E-state index < -0.39 is 0 Å². The van der Waals surface area contributed by atoms with Gasteiger partial charge < -0.3 is 24.8 Å². The van der Waals surface area contributed by atoms with Gasteiger partial charge in [-0.05, 0) is 112 Å². The number of aryl methyl sites for hydroxylation is 2. The maximum Gasteiger partial charge on any atom is 0.253 e. The Labute approximate surface area is 272 Å². The predicted molar refractivity (Wildman–Crippen MR) is 184 cm³/mol. The summed E-state index contributed by atoms with van der Waals surface area (Å²) in [6, 6.07) is 15.6. The molecule has 8 heteroatoms. The number of rotatable bonds is 5. The van der Waals surface area contributed by atoms with Crippen LogP contribution in [0.2, 0.25) is 0 Å². The number of aliphatic hydroxyl groups excluding tert-OH is 1. The number of aromatic nitrogens is 2. The summed E-state index contributed by atoms with van der Waals surface area (Å²) in [4.78, 5) is 30.9. The molecule has 8 rings (SSSR count). The van der Waals surface area contributed by atoms with Crippen molar-refractivity contribution in [1.29, 1.82) is 0 Å². The maximum atomic E-state index is 13.1. The molecule has 46 heavy (non-hydrogen) atoms. The van der Waals surface area contributed by atoms with Crippen LogP contribution < -0.4 is 4.90 Å². The van der Waals surface area contributed by atoms with Crippen LogP contribution in [0, 0.1) is 19.3 Å². The average molecular weight is 619 g/mol. The second kappa shape index (κ2) is 11.5. The predicted octanol–water partition coefficient (Wildman–Crippen LogP) is 5.33. The molecular formula is C38H46N6O2. The minimum absolute atomic E-state index is 0.0785. The molecule has 1 spiro atoms.